The van der Waals surface area contributed by atoms with Crippen LogP contribution in [0.25, 0.3) is 21.8 Å². The summed E-state index contributed by atoms with van der Waals surface area (Å²) in [7, 11) is 2.03. The summed E-state index contributed by atoms with van der Waals surface area (Å²) >= 11 is 0. The number of benzene rings is 2. The highest BCUT2D eigenvalue weighted by Crippen LogP contribution is 2.38. The number of ether oxygens (including phenoxy) is 2. The molecule has 2 N–H and O–H groups in total. The molecule has 1 aliphatic heterocycles. The Morgan fingerprint density at radius 3 is 2.85 bits per heavy atom. The average molecular weight is 631 g/mol. The normalized spacial score (nSPS) is 14.7. The molecule has 0 saturated carbocycles. The number of rotatable bonds is 12. The zero-order valence-electron chi connectivity index (χ0n) is 26.9. The molecule has 11 heteroatoms. The Bertz CT molecular complexity index is 1960. The molecule has 2 aromatic carbocycles. The molecular weight excluding hydrogens is 592 g/mol. The van der Waals surface area contributed by atoms with E-state index in [2.05, 4.69) is 26.6 Å². The molecule has 0 radical (unpaired) electrons. The number of nitrogens with one attached hydrogen (secondary N) is 2. The highest BCUT2D eigenvalue weighted by Gasteiger charge is 2.20. The van der Waals surface area contributed by atoms with Crippen LogP contribution in [0.3, 0.4) is 0 Å². The number of hydrogen-bond donors (Lipinski definition) is 2. The van der Waals surface area contributed by atoms with Crippen molar-refractivity contribution >= 4 is 44.8 Å². The Morgan fingerprint density at radius 1 is 1.21 bits per heavy atom. The number of aryl methyl sites for hydroxylation is 1. The summed E-state index contributed by atoms with van der Waals surface area (Å²) in [5.74, 6) is 0.233. The summed E-state index contributed by atoms with van der Waals surface area (Å²) in [6, 6.07) is 18.1. The lowest BCUT2D eigenvalue weighted by Crippen LogP contribution is -2.32. The highest BCUT2D eigenvalue weighted by atomic mass is 16.5. The minimum absolute atomic E-state index is 0.275. The summed E-state index contributed by atoms with van der Waals surface area (Å²) < 4.78 is 13.3. The maximum absolute atomic E-state index is 13.1. The predicted molar refractivity (Wildman–Crippen MR) is 183 cm³/mol. The van der Waals surface area contributed by atoms with Gasteiger partial charge >= 0.3 is 0 Å². The van der Waals surface area contributed by atoms with Gasteiger partial charge in [0.1, 0.15) is 11.8 Å². The fourth-order valence-electron chi connectivity index (χ4n) is 5.78. The molecule has 4 heterocycles. The summed E-state index contributed by atoms with van der Waals surface area (Å²) in [6.07, 6.45) is 8.70. The van der Waals surface area contributed by atoms with Crippen LogP contribution >= 0.6 is 0 Å². The van der Waals surface area contributed by atoms with Crippen LogP contribution in [0, 0.1) is 11.3 Å². The monoisotopic (exact) mass is 630 g/mol. The molecule has 6 rings (SSSR count). The van der Waals surface area contributed by atoms with Gasteiger partial charge in [0.2, 0.25) is 5.91 Å². The van der Waals surface area contributed by atoms with Crippen LogP contribution in [0.15, 0.2) is 73.1 Å². The molecule has 240 valence electrons. The third kappa shape index (κ3) is 7.25. The van der Waals surface area contributed by atoms with E-state index in [0.717, 1.165) is 35.3 Å². The lowest BCUT2D eigenvalue weighted by molar-refractivity contribution is -0.111. The molecule has 11 nitrogen and oxygen atoms in total. The molecule has 5 aromatic rings. The van der Waals surface area contributed by atoms with Crippen molar-refractivity contribution in [2.24, 2.45) is 0 Å². The van der Waals surface area contributed by atoms with E-state index in [1.165, 1.54) is 6.08 Å². The number of anilines is 3. The van der Waals surface area contributed by atoms with Crippen molar-refractivity contribution in [1.82, 2.24) is 24.6 Å². The number of aromatic nitrogens is 4. The van der Waals surface area contributed by atoms with Crippen LogP contribution in [-0.2, 0) is 22.5 Å². The number of fused-ring (bicyclic) bond motifs is 2. The molecule has 0 spiro atoms. The maximum Gasteiger partial charge on any atom is 0.248 e. The van der Waals surface area contributed by atoms with Crippen molar-refractivity contribution < 1.29 is 14.3 Å². The smallest absolute Gasteiger partial charge is 0.248 e. The van der Waals surface area contributed by atoms with Gasteiger partial charge in [-0.05, 0) is 63.2 Å². The Balaban J connectivity index is 1.31. The molecule has 0 bridgehead atoms. The summed E-state index contributed by atoms with van der Waals surface area (Å²) in [4.78, 5) is 24.5. The predicted octanol–water partition coefficient (Wildman–Crippen LogP) is 5.82. The number of hydrogen-bond acceptors (Lipinski definition) is 9. The number of nitrogens with zero attached hydrogens (tertiary/aromatic N) is 6. The minimum atomic E-state index is -0.275. The number of pyridine rings is 2. The number of carbonyl (C=O) groups is 1. The van der Waals surface area contributed by atoms with E-state index in [-0.39, 0.29) is 5.91 Å². The number of likely N-dealkylation sites (N-methyl/N-ethyl adjacent to an activating group) is 1. The van der Waals surface area contributed by atoms with Gasteiger partial charge in [0.15, 0.2) is 0 Å². The van der Waals surface area contributed by atoms with Crippen molar-refractivity contribution in [1.29, 1.82) is 5.26 Å². The lowest BCUT2D eigenvalue weighted by atomic mass is 10.0. The van der Waals surface area contributed by atoms with Gasteiger partial charge < -0.3 is 20.1 Å². The highest BCUT2D eigenvalue weighted by molar-refractivity contribution is 6.05. The fraction of sp³-hybridized carbons (Fsp3) is 0.306. The van der Waals surface area contributed by atoms with Crippen LogP contribution < -0.4 is 15.4 Å². The summed E-state index contributed by atoms with van der Waals surface area (Å²) in [5, 5.41) is 23.1. The SMILES string of the molecule is CCOc1cc2nc(CC)c(C#N)c(Nc3ccc4nn(Cc5ccccn5)cc4c3)c2cc1NC(=O)/C=C/CN(C)[C@H]1CCOC1. The Morgan fingerprint density at radius 2 is 2.11 bits per heavy atom. The van der Waals surface area contributed by atoms with Gasteiger partial charge in [-0.1, -0.05) is 19.1 Å². The van der Waals surface area contributed by atoms with Gasteiger partial charge in [-0.3, -0.25) is 24.3 Å². The third-order valence-corrected chi connectivity index (χ3v) is 8.23. The Kier molecular flexibility index (Phi) is 9.71. The second-order valence-corrected chi connectivity index (χ2v) is 11.5. The molecule has 1 saturated heterocycles. The van der Waals surface area contributed by atoms with Crippen molar-refractivity contribution in [3.05, 3.63) is 90.0 Å². The molecule has 47 heavy (non-hydrogen) atoms. The van der Waals surface area contributed by atoms with Gasteiger partial charge in [0.05, 0.1) is 59.1 Å². The zero-order valence-corrected chi connectivity index (χ0v) is 26.9. The first-order valence-corrected chi connectivity index (χ1v) is 15.9. The molecule has 1 fully saturated rings. The average Bonchev–Trinajstić information content (AvgIpc) is 3.76. The van der Waals surface area contributed by atoms with Crippen LogP contribution in [-0.4, -0.2) is 70.0 Å². The Labute approximate surface area is 273 Å². The summed E-state index contributed by atoms with van der Waals surface area (Å²) in [6.45, 7) is 6.95. The van der Waals surface area contributed by atoms with E-state index in [0.29, 0.717) is 78.1 Å². The standard InChI is InChI=1S/C36H38N8O3/c1-4-30-29(20-37)36(39-25-11-12-31-24(17-25)21-44(42-31)22-26-9-6-7-14-38-26)28-18-33(34(47-5-2)19-32(28)40-30)41-35(45)10-8-15-43(3)27-13-16-46-23-27/h6-12,14,17-19,21,27H,4-5,13,15-16,22-23H2,1-3H3,(H,39,40)(H,41,45)/b10-8+/t27-/m0/s1. The van der Waals surface area contributed by atoms with E-state index in [1.54, 1.807) is 6.20 Å². The molecular formula is C36H38N8O3. The first-order chi connectivity index (χ1) is 22.9. The van der Waals surface area contributed by atoms with Gasteiger partial charge in [-0.25, -0.2) is 0 Å². The number of nitriles is 1. The van der Waals surface area contributed by atoms with Crippen LogP contribution in [0.4, 0.5) is 17.1 Å². The fourth-order valence-corrected chi connectivity index (χ4v) is 5.78. The van der Waals surface area contributed by atoms with Gasteiger partial charge in [0.25, 0.3) is 0 Å². The van der Waals surface area contributed by atoms with E-state index in [1.807, 2.05) is 86.4 Å². The maximum atomic E-state index is 13.1. The van der Waals surface area contributed by atoms with Crippen molar-refractivity contribution in [3.8, 4) is 11.8 Å². The van der Waals surface area contributed by atoms with Crippen molar-refractivity contribution in [3.63, 3.8) is 0 Å². The van der Waals surface area contributed by atoms with E-state index >= 15 is 0 Å². The molecule has 1 amide bonds. The quantitative estimate of drug-likeness (QED) is 0.164. The zero-order chi connectivity index (χ0) is 32.8. The van der Waals surface area contributed by atoms with Gasteiger partial charge in [-0.15, -0.1) is 0 Å². The topological polar surface area (TPSA) is 130 Å². The molecule has 0 unspecified atom stereocenters. The number of carbonyl (C=O) groups excluding carboxylic acids is 1. The van der Waals surface area contributed by atoms with Crippen LogP contribution in [0.2, 0.25) is 0 Å². The third-order valence-electron chi connectivity index (χ3n) is 8.23. The second-order valence-electron chi connectivity index (χ2n) is 11.5. The number of amides is 1. The largest absolute Gasteiger partial charge is 0.492 e. The first-order valence-electron chi connectivity index (χ1n) is 15.9. The summed E-state index contributed by atoms with van der Waals surface area (Å²) in [5.41, 5.74) is 5.45. The van der Waals surface area contributed by atoms with Gasteiger partial charge in [-0.2, -0.15) is 10.4 Å². The molecule has 1 aliphatic rings. The van der Waals surface area contributed by atoms with E-state index < -0.39 is 0 Å². The first kappa shape index (κ1) is 31.7. The van der Waals surface area contributed by atoms with Crippen LogP contribution in [0.5, 0.6) is 5.75 Å². The molecule has 0 aliphatic carbocycles. The van der Waals surface area contributed by atoms with E-state index in [9.17, 15) is 10.1 Å². The van der Waals surface area contributed by atoms with Crippen molar-refractivity contribution in [2.75, 3.05) is 44.0 Å². The minimum Gasteiger partial charge on any atom is -0.492 e. The van der Waals surface area contributed by atoms with Gasteiger partial charge in [0, 0.05) is 60.2 Å². The second kappa shape index (κ2) is 14.4. The van der Waals surface area contributed by atoms with E-state index in [4.69, 9.17) is 19.6 Å². The Hall–Kier alpha value is -5.31. The molecule has 3 aromatic heterocycles. The lowest BCUT2D eigenvalue weighted by Gasteiger charge is -2.20. The van der Waals surface area contributed by atoms with Crippen LogP contribution in [0.1, 0.15) is 37.2 Å². The van der Waals surface area contributed by atoms with Crippen molar-refractivity contribution in [2.45, 2.75) is 39.3 Å². The molecule has 1 atom stereocenters.